The van der Waals surface area contributed by atoms with Crippen LogP contribution >= 0.6 is 11.8 Å². The Hall–Kier alpha value is -0.670. The largest absolute Gasteiger partial charge is 0.399 e. The third-order valence-electron chi connectivity index (χ3n) is 3.68. The van der Waals surface area contributed by atoms with Crippen molar-refractivity contribution in [3.8, 4) is 0 Å². The van der Waals surface area contributed by atoms with Gasteiger partial charge in [0.2, 0.25) is 0 Å². The Morgan fingerprint density at radius 1 is 1.28 bits per heavy atom. The summed E-state index contributed by atoms with van der Waals surface area (Å²) in [4.78, 5) is 2.58. The molecule has 0 unspecified atom stereocenters. The van der Waals surface area contributed by atoms with Crippen molar-refractivity contribution in [1.82, 2.24) is 4.90 Å². The maximum atomic E-state index is 5.99. The van der Waals surface area contributed by atoms with Crippen molar-refractivity contribution in [2.75, 3.05) is 31.1 Å². The average Bonchev–Trinajstić information content (AvgIpc) is 2.50. The zero-order chi connectivity index (χ0) is 13.0. The predicted octanol–water partition coefficient (Wildman–Crippen LogP) is 3.03. The minimum atomic E-state index is 0.445. The van der Waals surface area contributed by atoms with Crippen molar-refractivity contribution in [2.45, 2.75) is 31.4 Å². The van der Waals surface area contributed by atoms with E-state index in [1.54, 1.807) is 0 Å². The first-order chi connectivity index (χ1) is 8.57. The zero-order valence-electron chi connectivity index (χ0n) is 11.5. The van der Waals surface area contributed by atoms with Crippen LogP contribution in [-0.4, -0.2) is 35.0 Å². The molecule has 2 rings (SSSR count). The third-order valence-corrected chi connectivity index (χ3v) is 5.06. The molecule has 0 atom stereocenters. The zero-order valence-corrected chi connectivity index (χ0v) is 12.3. The molecule has 0 bridgehead atoms. The van der Waals surface area contributed by atoms with E-state index in [-0.39, 0.29) is 0 Å². The van der Waals surface area contributed by atoms with Gasteiger partial charge in [0.25, 0.3) is 0 Å². The number of nitrogen functional groups attached to an aromatic ring is 1. The van der Waals surface area contributed by atoms with Crippen LogP contribution in [0.2, 0.25) is 0 Å². The van der Waals surface area contributed by atoms with E-state index in [4.69, 9.17) is 5.73 Å². The van der Waals surface area contributed by atoms with Crippen molar-refractivity contribution >= 4 is 17.4 Å². The van der Waals surface area contributed by atoms with E-state index >= 15 is 0 Å². The van der Waals surface area contributed by atoms with Gasteiger partial charge in [-0.1, -0.05) is 32.0 Å². The van der Waals surface area contributed by atoms with E-state index in [1.165, 1.54) is 30.8 Å². The van der Waals surface area contributed by atoms with E-state index in [0.29, 0.717) is 4.75 Å². The third kappa shape index (κ3) is 3.92. The second-order valence-electron chi connectivity index (χ2n) is 5.65. The second kappa shape index (κ2) is 5.98. The van der Waals surface area contributed by atoms with E-state index in [1.807, 2.05) is 12.1 Å². The van der Waals surface area contributed by atoms with Crippen LogP contribution in [0.15, 0.2) is 24.3 Å². The number of nitrogens with two attached hydrogens (primary N) is 1. The summed E-state index contributed by atoms with van der Waals surface area (Å²) in [5.74, 6) is 1.25. The van der Waals surface area contributed by atoms with Gasteiger partial charge in [0.1, 0.15) is 0 Å². The van der Waals surface area contributed by atoms with E-state index < -0.39 is 0 Å². The van der Waals surface area contributed by atoms with E-state index in [2.05, 4.69) is 42.6 Å². The van der Waals surface area contributed by atoms with Crippen molar-refractivity contribution in [2.24, 2.45) is 0 Å². The molecule has 1 aliphatic heterocycles. The number of benzene rings is 1. The number of rotatable bonds is 3. The SMILES string of the molecule is CC1(C)CCN(CCc2ccccc2N)CCS1. The summed E-state index contributed by atoms with van der Waals surface area (Å²) in [5, 5.41) is 0. The van der Waals surface area contributed by atoms with Crippen LogP contribution in [0.25, 0.3) is 0 Å². The molecular formula is C15H24N2S. The molecule has 1 aromatic carbocycles. The molecule has 3 heteroatoms. The number of thioether (sulfide) groups is 1. The molecule has 1 aromatic rings. The van der Waals surface area contributed by atoms with Crippen LogP contribution in [0.1, 0.15) is 25.8 Å². The van der Waals surface area contributed by atoms with Crippen LogP contribution in [0.4, 0.5) is 5.69 Å². The predicted molar refractivity (Wildman–Crippen MR) is 82.2 cm³/mol. The summed E-state index contributed by atoms with van der Waals surface area (Å²) in [6.07, 6.45) is 2.35. The maximum absolute atomic E-state index is 5.99. The Labute approximate surface area is 115 Å². The van der Waals surface area contributed by atoms with Gasteiger partial charge in [-0.3, -0.25) is 0 Å². The Morgan fingerprint density at radius 2 is 2.06 bits per heavy atom. The summed E-state index contributed by atoms with van der Waals surface area (Å²) in [5.41, 5.74) is 8.21. The average molecular weight is 264 g/mol. The number of nitrogens with zero attached hydrogens (tertiary/aromatic N) is 1. The number of anilines is 1. The Kier molecular flexibility index (Phi) is 4.57. The standard InChI is InChI=1S/C15H24N2S/c1-15(2)8-10-17(11-12-18-15)9-7-13-5-3-4-6-14(13)16/h3-6H,7-12,16H2,1-2H3. The molecule has 0 radical (unpaired) electrons. The van der Waals surface area contributed by atoms with Crippen molar-refractivity contribution in [1.29, 1.82) is 0 Å². The molecule has 0 aromatic heterocycles. The highest BCUT2D eigenvalue weighted by Gasteiger charge is 2.23. The highest BCUT2D eigenvalue weighted by molar-refractivity contribution is 8.00. The topological polar surface area (TPSA) is 29.3 Å². The molecule has 1 saturated heterocycles. The van der Waals surface area contributed by atoms with Gasteiger partial charge in [-0.25, -0.2) is 0 Å². The summed E-state index contributed by atoms with van der Waals surface area (Å²) in [6, 6.07) is 8.22. The highest BCUT2D eigenvalue weighted by Crippen LogP contribution is 2.30. The van der Waals surface area contributed by atoms with E-state index in [0.717, 1.165) is 18.7 Å². The van der Waals surface area contributed by atoms with Crippen LogP contribution in [-0.2, 0) is 6.42 Å². The smallest absolute Gasteiger partial charge is 0.0347 e. The Bertz CT molecular complexity index is 390. The van der Waals surface area contributed by atoms with Gasteiger partial charge in [0.15, 0.2) is 0 Å². The fraction of sp³-hybridized carbons (Fsp3) is 0.600. The molecule has 0 saturated carbocycles. The van der Waals surface area contributed by atoms with Crippen LogP contribution in [0.5, 0.6) is 0 Å². The summed E-state index contributed by atoms with van der Waals surface area (Å²) in [7, 11) is 0. The summed E-state index contributed by atoms with van der Waals surface area (Å²) < 4.78 is 0.445. The quantitative estimate of drug-likeness (QED) is 0.851. The van der Waals surface area contributed by atoms with E-state index in [9.17, 15) is 0 Å². The highest BCUT2D eigenvalue weighted by atomic mass is 32.2. The van der Waals surface area contributed by atoms with Crippen LogP contribution < -0.4 is 5.73 Å². The summed E-state index contributed by atoms with van der Waals surface area (Å²) >= 11 is 2.10. The van der Waals surface area contributed by atoms with Crippen LogP contribution in [0, 0.1) is 0 Å². The normalized spacial score (nSPS) is 20.6. The number of para-hydroxylation sites is 1. The monoisotopic (exact) mass is 264 g/mol. The van der Waals surface area contributed by atoms with Gasteiger partial charge < -0.3 is 10.6 Å². The van der Waals surface area contributed by atoms with Gasteiger partial charge in [0.05, 0.1) is 0 Å². The molecule has 0 amide bonds. The number of hydrogen-bond acceptors (Lipinski definition) is 3. The Balaban J connectivity index is 1.85. The lowest BCUT2D eigenvalue weighted by atomic mass is 10.1. The van der Waals surface area contributed by atoms with Gasteiger partial charge in [-0.05, 0) is 31.0 Å². The lowest BCUT2D eigenvalue weighted by molar-refractivity contribution is 0.288. The molecule has 1 aliphatic rings. The number of hydrogen-bond donors (Lipinski definition) is 1. The molecule has 0 spiro atoms. The first kappa shape index (κ1) is 13.8. The minimum absolute atomic E-state index is 0.445. The molecule has 100 valence electrons. The molecule has 1 heterocycles. The first-order valence-corrected chi connectivity index (χ1v) is 7.75. The van der Waals surface area contributed by atoms with Crippen molar-refractivity contribution < 1.29 is 0 Å². The van der Waals surface area contributed by atoms with Gasteiger partial charge >= 0.3 is 0 Å². The molecule has 1 fully saturated rings. The fourth-order valence-electron chi connectivity index (χ4n) is 2.33. The molecule has 0 aliphatic carbocycles. The molecular weight excluding hydrogens is 240 g/mol. The molecule has 18 heavy (non-hydrogen) atoms. The molecule has 2 nitrogen and oxygen atoms in total. The van der Waals surface area contributed by atoms with Crippen LogP contribution in [0.3, 0.4) is 0 Å². The Morgan fingerprint density at radius 3 is 2.83 bits per heavy atom. The lowest BCUT2D eigenvalue weighted by Crippen LogP contribution is -2.29. The minimum Gasteiger partial charge on any atom is -0.399 e. The fourth-order valence-corrected chi connectivity index (χ4v) is 3.46. The van der Waals surface area contributed by atoms with Gasteiger partial charge in [-0.15, -0.1) is 0 Å². The summed E-state index contributed by atoms with van der Waals surface area (Å²) in [6.45, 7) is 8.27. The maximum Gasteiger partial charge on any atom is 0.0347 e. The molecule has 2 N–H and O–H groups in total. The lowest BCUT2D eigenvalue weighted by Gasteiger charge is -2.22. The van der Waals surface area contributed by atoms with Gasteiger partial charge in [0, 0.05) is 29.3 Å². The van der Waals surface area contributed by atoms with Crippen molar-refractivity contribution in [3.05, 3.63) is 29.8 Å². The first-order valence-electron chi connectivity index (χ1n) is 6.76. The van der Waals surface area contributed by atoms with Gasteiger partial charge in [-0.2, -0.15) is 11.8 Å². The van der Waals surface area contributed by atoms with Crippen molar-refractivity contribution in [3.63, 3.8) is 0 Å². The second-order valence-corrected chi connectivity index (χ2v) is 7.45.